The zero-order valence-electron chi connectivity index (χ0n) is 13.1. The number of hydrogen-bond donors (Lipinski definition) is 3. The molecule has 0 bridgehead atoms. The lowest BCUT2D eigenvalue weighted by molar-refractivity contribution is 0.0966. The first-order chi connectivity index (χ1) is 12.0. The van der Waals surface area contributed by atoms with Crippen LogP contribution in [-0.4, -0.2) is 17.8 Å². The Morgan fingerprint density at radius 3 is 2.48 bits per heavy atom. The van der Waals surface area contributed by atoms with Gasteiger partial charge in [-0.05, 0) is 49.1 Å². The zero-order valence-corrected chi connectivity index (χ0v) is 13.9. The Labute approximate surface area is 147 Å². The number of fused-ring (bicyclic) bond motifs is 1. The number of nitriles is 1. The van der Waals surface area contributed by atoms with Gasteiger partial charge in [0.15, 0.2) is 0 Å². The molecule has 0 atom stereocenters. The summed E-state index contributed by atoms with van der Waals surface area (Å²) in [5.41, 5.74) is 7.02. The van der Waals surface area contributed by atoms with Crippen LogP contribution in [0.25, 0.3) is 0 Å². The number of nitrogens with zero attached hydrogens (tertiary/aromatic N) is 1. The van der Waals surface area contributed by atoms with Gasteiger partial charge in [0.25, 0.3) is 11.8 Å². The Bertz CT molecular complexity index is 909. The molecule has 0 spiro atoms. The number of aryl methyl sites for hydroxylation is 1. The summed E-state index contributed by atoms with van der Waals surface area (Å²) in [6, 6.07) is 7.22. The number of carbonyl (C=O) groups is 3. The van der Waals surface area contributed by atoms with Crippen molar-refractivity contribution in [3.05, 3.63) is 51.4 Å². The highest BCUT2D eigenvalue weighted by molar-refractivity contribution is 7.17. The first-order valence-corrected chi connectivity index (χ1v) is 8.38. The van der Waals surface area contributed by atoms with Crippen LogP contribution in [0.3, 0.4) is 0 Å². The van der Waals surface area contributed by atoms with Crippen LogP contribution < -0.4 is 16.4 Å². The number of anilines is 1. The van der Waals surface area contributed by atoms with E-state index in [4.69, 9.17) is 11.0 Å². The molecule has 1 heterocycles. The van der Waals surface area contributed by atoms with Gasteiger partial charge in [-0.3, -0.25) is 14.9 Å². The molecule has 1 aliphatic rings. The van der Waals surface area contributed by atoms with Crippen LogP contribution in [0.5, 0.6) is 0 Å². The van der Waals surface area contributed by atoms with Crippen molar-refractivity contribution in [3.8, 4) is 6.07 Å². The lowest BCUT2D eigenvalue weighted by Crippen LogP contribution is -2.35. The van der Waals surface area contributed by atoms with E-state index in [9.17, 15) is 14.4 Å². The number of carbonyl (C=O) groups excluding carboxylic acids is 3. The molecule has 2 aromatic rings. The molecular formula is C17H14N4O3S. The number of imide groups is 1. The van der Waals surface area contributed by atoms with Crippen molar-refractivity contribution >= 4 is 34.2 Å². The van der Waals surface area contributed by atoms with E-state index < -0.39 is 17.8 Å². The highest BCUT2D eigenvalue weighted by Gasteiger charge is 2.28. The summed E-state index contributed by atoms with van der Waals surface area (Å²) in [4.78, 5) is 36.8. The number of rotatable bonds is 3. The topological polar surface area (TPSA) is 125 Å². The van der Waals surface area contributed by atoms with Gasteiger partial charge in [0, 0.05) is 10.4 Å². The molecule has 1 aromatic carbocycles. The van der Waals surface area contributed by atoms with Gasteiger partial charge in [0.2, 0.25) is 0 Å². The van der Waals surface area contributed by atoms with E-state index in [0.717, 1.165) is 29.7 Å². The van der Waals surface area contributed by atoms with Crippen LogP contribution in [0.2, 0.25) is 0 Å². The molecule has 4 amide bonds. The minimum Gasteiger partial charge on any atom is -0.351 e. The van der Waals surface area contributed by atoms with Gasteiger partial charge in [-0.1, -0.05) is 0 Å². The third kappa shape index (κ3) is 3.36. The van der Waals surface area contributed by atoms with E-state index in [-0.39, 0.29) is 0 Å². The maximum atomic E-state index is 12.4. The molecule has 0 radical (unpaired) electrons. The Morgan fingerprint density at radius 1 is 1.12 bits per heavy atom. The summed E-state index contributed by atoms with van der Waals surface area (Å²) >= 11 is 1.34. The number of nitrogens with two attached hydrogens (primary N) is 1. The second-order valence-electron chi connectivity index (χ2n) is 5.52. The minimum atomic E-state index is -0.938. The number of nitrogens with one attached hydrogen (secondary N) is 2. The number of thiophene rings is 1. The first kappa shape index (κ1) is 16.7. The fourth-order valence-corrected chi connectivity index (χ4v) is 4.06. The van der Waals surface area contributed by atoms with Crippen molar-refractivity contribution in [3.63, 3.8) is 0 Å². The van der Waals surface area contributed by atoms with E-state index in [1.54, 1.807) is 24.3 Å². The number of amides is 4. The molecule has 0 aliphatic heterocycles. The standard InChI is InChI=1S/C17H14N4O3S/c18-8-9-4-6-10(7-5-9)14(22)20-16-13(15(23)21-17(19)24)11-2-1-3-12(11)25-16/h4-7H,1-3H2,(H,20,22)(H3,19,21,23,24). The molecule has 126 valence electrons. The molecule has 8 heteroatoms. The Kier molecular flexibility index (Phi) is 4.50. The molecule has 7 nitrogen and oxygen atoms in total. The highest BCUT2D eigenvalue weighted by Crippen LogP contribution is 2.39. The van der Waals surface area contributed by atoms with Crippen molar-refractivity contribution in [1.82, 2.24) is 5.32 Å². The quantitative estimate of drug-likeness (QED) is 0.781. The van der Waals surface area contributed by atoms with Crippen molar-refractivity contribution in [2.24, 2.45) is 5.73 Å². The van der Waals surface area contributed by atoms with Crippen molar-refractivity contribution in [2.45, 2.75) is 19.3 Å². The van der Waals surface area contributed by atoms with Gasteiger partial charge in [0.05, 0.1) is 17.2 Å². The summed E-state index contributed by atoms with van der Waals surface area (Å²) in [7, 11) is 0. The summed E-state index contributed by atoms with van der Waals surface area (Å²) in [5, 5.41) is 14.0. The van der Waals surface area contributed by atoms with E-state index in [2.05, 4.69) is 10.6 Å². The van der Waals surface area contributed by atoms with Crippen LogP contribution in [-0.2, 0) is 12.8 Å². The van der Waals surface area contributed by atoms with Crippen LogP contribution in [0.1, 0.15) is 43.1 Å². The van der Waals surface area contributed by atoms with Gasteiger partial charge in [-0.25, -0.2) is 4.79 Å². The average molecular weight is 354 g/mol. The van der Waals surface area contributed by atoms with Crippen molar-refractivity contribution in [2.75, 3.05) is 5.32 Å². The van der Waals surface area contributed by atoms with Gasteiger partial charge in [0.1, 0.15) is 5.00 Å². The van der Waals surface area contributed by atoms with Gasteiger partial charge < -0.3 is 11.1 Å². The van der Waals surface area contributed by atoms with Gasteiger partial charge in [-0.2, -0.15) is 5.26 Å². The number of urea groups is 1. The Hall–Kier alpha value is -3.18. The molecule has 3 rings (SSSR count). The predicted octanol–water partition coefficient (Wildman–Crippen LogP) is 2.17. The summed E-state index contributed by atoms with van der Waals surface area (Å²) < 4.78 is 0. The molecule has 0 unspecified atom stereocenters. The third-order valence-electron chi connectivity index (χ3n) is 3.89. The predicted molar refractivity (Wildman–Crippen MR) is 92.5 cm³/mol. The first-order valence-electron chi connectivity index (χ1n) is 7.56. The summed E-state index contributed by atoms with van der Waals surface area (Å²) in [5.74, 6) is -1.00. The maximum Gasteiger partial charge on any atom is 0.319 e. The average Bonchev–Trinajstić information content (AvgIpc) is 3.14. The fraction of sp³-hybridized carbons (Fsp3) is 0.176. The third-order valence-corrected chi connectivity index (χ3v) is 5.10. The SMILES string of the molecule is N#Cc1ccc(C(=O)Nc2sc3c(c2C(=O)NC(N)=O)CCC3)cc1. The van der Waals surface area contributed by atoms with Crippen molar-refractivity contribution in [1.29, 1.82) is 5.26 Å². The van der Waals surface area contributed by atoms with Crippen molar-refractivity contribution < 1.29 is 14.4 Å². The second-order valence-corrected chi connectivity index (χ2v) is 6.63. The molecular weight excluding hydrogens is 340 g/mol. The van der Waals surface area contributed by atoms with Gasteiger partial charge in [-0.15, -0.1) is 11.3 Å². The van der Waals surface area contributed by atoms with E-state index in [0.29, 0.717) is 21.7 Å². The Balaban J connectivity index is 1.89. The second kappa shape index (κ2) is 6.75. The summed E-state index contributed by atoms with van der Waals surface area (Å²) in [6.07, 6.45) is 2.49. The smallest absolute Gasteiger partial charge is 0.319 e. The van der Waals surface area contributed by atoms with Crippen LogP contribution in [0.4, 0.5) is 9.80 Å². The molecule has 4 N–H and O–H groups in total. The molecule has 1 aromatic heterocycles. The molecule has 25 heavy (non-hydrogen) atoms. The zero-order chi connectivity index (χ0) is 18.0. The van der Waals surface area contributed by atoms with Crippen LogP contribution >= 0.6 is 11.3 Å². The monoisotopic (exact) mass is 354 g/mol. The highest BCUT2D eigenvalue weighted by atomic mass is 32.1. The number of hydrogen-bond acceptors (Lipinski definition) is 5. The lowest BCUT2D eigenvalue weighted by Gasteiger charge is -2.08. The van der Waals surface area contributed by atoms with Gasteiger partial charge >= 0.3 is 6.03 Å². The number of benzene rings is 1. The van der Waals surface area contributed by atoms with E-state index in [1.165, 1.54) is 11.3 Å². The number of primary amides is 1. The Morgan fingerprint density at radius 2 is 1.84 bits per heavy atom. The lowest BCUT2D eigenvalue weighted by atomic mass is 10.1. The maximum absolute atomic E-state index is 12.4. The van der Waals surface area contributed by atoms with E-state index >= 15 is 0 Å². The van der Waals surface area contributed by atoms with E-state index in [1.807, 2.05) is 6.07 Å². The van der Waals surface area contributed by atoms with Crippen LogP contribution in [0, 0.1) is 11.3 Å². The minimum absolute atomic E-state index is 0.304. The molecule has 1 aliphatic carbocycles. The summed E-state index contributed by atoms with van der Waals surface area (Å²) in [6.45, 7) is 0. The molecule has 0 saturated carbocycles. The largest absolute Gasteiger partial charge is 0.351 e. The molecule has 0 fully saturated rings. The molecule has 0 saturated heterocycles. The fourth-order valence-electron chi connectivity index (χ4n) is 2.78. The normalized spacial score (nSPS) is 12.1. The van der Waals surface area contributed by atoms with Crippen LogP contribution in [0.15, 0.2) is 24.3 Å².